The van der Waals surface area contributed by atoms with Crippen molar-refractivity contribution in [2.24, 2.45) is 11.8 Å². The Morgan fingerprint density at radius 1 is 0.762 bits per heavy atom. The molecule has 0 heterocycles. The first-order chi connectivity index (χ1) is 18.4. The molecule has 4 unspecified atom stereocenters. The summed E-state index contributed by atoms with van der Waals surface area (Å²) in [7, 11) is -9.96. The number of hydrogen-bond donors (Lipinski definition) is 1. The van der Waals surface area contributed by atoms with Gasteiger partial charge in [0.05, 0.1) is 25.6 Å². The fourth-order valence-corrected chi connectivity index (χ4v) is 4.51. The fourth-order valence-electron chi connectivity index (χ4n) is 3.28. The number of hydrogen-bond acceptors (Lipinski definition) is 13. The molecule has 245 valence electrons. The molecule has 0 bridgehead atoms. The summed E-state index contributed by atoms with van der Waals surface area (Å²) in [5, 5.41) is 15.2. The molecule has 1 N–H and O–H groups in total. The van der Waals surface area contributed by atoms with E-state index in [1.807, 2.05) is 13.8 Å². The first kappa shape index (κ1) is 48.1. The van der Waals surface area contributed by atoms with Crippen LogP contribution in [0.15, 0.2) is 0 Å². The molecule has 0 aliphatic rings. The largest absolute Gasteiger partial charge is 2.00 e. The molecule has 0 fully saturated rings. The van der Waals surface area contributed by atoms with Gasteiger partial charge in [0.2, 0.25) is 0 Å². The Morgan fingerprint density at radius 3 is 1.48 bits per heavy atom. The molecule has 42 heavy (non-hydrogen) atoms. The van der Waals surface area contributed by atoms with Crippen LogP contribution in [0.2, 0.25) is 0 Å². The predicted molar refractivity (Wildman–Crippen MR) is 137 cm³/mol. The van der Waals surface area contributed by atoms with Crippen LogP contribution >= 0.6 is 0 Å². The molecule has 1 radical (unpaired) electrons. The number of aliphatic carboxylic acids is 2. The van der Waals surface area contributed by atoms with Crippen LogP contribution in [0, 0.1) is 11.8 Å². The predicted octanol–water partition coefficient (Wildman–Crippen LogP) is -3.06. The number of esters is 2. The van der Waals surface area contributed by atoms with Gasteiger partial charge in [-0.15, -0.1) is 0 Å². The molecule has 0 aliphatic carbocycles. The smallest absolute Gasteiger partial charge is 0.747 e. The van der Waals surface area contributed by atoms with Gasteiger partial charge >= 0.3 is 58.6 Å². The van der Waals surface area contributed by atoms with Crippen molar-refractivity contribution < 1.29 is 111 Å². The van der Waals surface area contributed by atoms with Crippen LogP contribution in [0.1, 0.15) is 91.9 Å². The number of carboxylic acid groups (broad SMARTS) is 2. The Hall–Kier alpha value is -0.781. The summed E-state index contributed by atoms with van der Waals surface area (Å²) < 4.78 is 73.0. The second-order valence-electron chi connectivity index (χ2n) is 9.23. The van der Waals surface area contributed by atoms with E-state index in [1.54, 1.807) is 0 Å². The van der Waals surface area contributed by atoms with Gasteiger partial charge in [0.1, 0.15) is 15.4 Å². The summed E-state index contributed by atoms with van der Waals surface area (Å²) in [6, 6.07) is 0. The van der Waals surface area contributed by atoms with Gasteiger partial charge in [-0.3, -0.25) is 14.1 Å². The van der Waals surface area contributed by atoms with E-state index in [0.29, 0.717) is 0 Å². The average molecular weight is 704 g/mol. The van der Waals surface area contributed by atoms with Gasteiger partial charge < -0.3 is 33.8 Å². The molecule has 0 rings (SSSR count). The van der Waals surface area contributed by atoms with Gasteiger partial charge in [0, 0.05) is 12.4 Å². The maximum absolute atomic E-state index is 12.1. The second-order valence-corrected chi connectivity index (χ2v) is 12.4. The van der Waals surface area contributed by atoms with E-state index >= 15 is 0 Å². The third-order valence-electron chi connectivity index (χ3n) is 5.97. The Balaban J connectivity index is -0.000000436. The molecule has 4 atom stereocenters. The number of ether oxygens (including phenoxy) is 2. The minimum absolute atomic E-state index is 0. The van der Waals surface area contributed by atoms with Crippen molar-refractivity contribution in [1.29, 1.82) is 0 Å². The minimum atomic E-state index is -5.01. The number of carbonyl (C=O) groups is 4. The van der Waals surface area contributed by atoms with Gasteiger partial charge in [-0.05, 0) is 24.7 Å². The second kappa shape index (κ2) is 25.5. The number of rotatable bonds is 20. The molecule has 0 spiro atoms. The molecule has 18 heteroatoms. The van der Waals surface area contributed by atoms with Crippen molar-refractivity contribution in [1.82, 2.24) is 0 Å². The van der Waals surface area contributed by atoms with E-state index in [9.17, 15) is 50.8 Å². The molecule has 0 aromatic heterocycles. The van der Waals surface area contributed by atoms with E-state index in [-0.39, 0.29) is 71.7 Å². The molecule has 0 aromatic rings. The zero-order chi connectivity index (χ0) is 31.5. The average Bonchev–Trinajstić information content (AvgIpc) is 2.84. The van der Waals surface area contributed by atoms with Crippen LogP contribution in [0.5, 0.6) is 0 Å². The molecule has 0 amide bonds. The summed E-state index contributed by atoms with van der Waals surface area (Å²) in [6.45, 7) is 8.26. The van der Waals surface area contributed by atoms with E-state index in [1.165, 1.54) is 0 Å². The monoisotopic (exact) mass is 703 g/mol. The van der Waals surface area contributed by atoms with E-state index < -0.39 is 67.5 Å². The van der Waals surface area contributed by atoms with Gasteiger partial charge in [0.15, 0.2) is 5.25 Å². The van der Waals surface area contributed by atoms with Gasteiger partial charge in [-0.1, -0.05) is 66.2 Å². The van der Waals surface area contributed by atoms with Crippen molar-refractivity contribution in [2.75, 3.05) is 13.2 Å². The topological polar surface area (TPSA) is 244 Å². The van der Waals surface area contributed by atoms with Gasteiger partial charge in [0.25, 0.3) is 10.1 Å². The van der Waals surface area contributed by atoms with Crippen LogP contribution in [0.25, 0.3) is 0 Å². The van der Waals surface area contributed by atoms with E-state index in [4.69, 9.17) is 14.0 Å². The number of carbonyl (C=O) groups excluding carboxylic acids is 4. The Bertz CT molecular complexity index is 1000. The van der Waals surface area contributed by atoms with Gasteiger partial charge in [-0.25, -0.2) is 8.42 Å². The summed E-state index contributed by atoms with van der Waals surface area (Å²) in [6.07, 6.45) is 5.25. The SMILES string of the molecule is CCCCC(CC)COC(=O)CC(C(=O)OCC(CC)CCCC)S(=O)(=O)[O-].O=C([O-])CC(C(=O)[O-])S(=O)(=O)O.[Cu+2].[Na+]. The van der Waals surface area contributed by atoms with Crippen LogP contribution in [0.3, 0.4) is 0 Å². The summed E-state index contributed by atoms with van der Waals surface area (Å²) >= 11 is 0. The van der Waals surface area contributed by atoms with Crippen LogP contribution in [0.4, 0.5) is 0 Å². The molecule has 0 aromatic carbocycles. The van der Waals surface area contributed by atoms with Crippen molar-refractivity contribution in [3.8, 4) is 0 Å². The number of unbranched alkanes of at least 4 members (excludes halogenated alkanes) is 2. The van der Waals surface area contributed by atoms with E-state index in [0.717, 1.165) is 51.4 Å². The normalized spacial score (nSPS) is 13.9. The zero-order valence-electron chi connectivity index (χ0n) is 24.7. The third kappa shape index (κ3) is 23.6. The van der Waals surface area contributed by atoms with Crippen molar-refractivity contribution in [3.63, 3.8) is 0 Å². The van der Waals surface area contributed by atoms with Crippen molar-refractivity contribution in [2.45, 2.75) is 102 Å². The molecule has 0 aliphatic heterocycles. The van der Waals surface area contributed by atoms with Crippen LogP contribution in [-0.4, -0.2) is 73.5 Å². The van der Waals surface area contributed by atoms with Crippen LogP contribution < -0.4 is 39.8 Å². The Labute approximate surface area is 281 Å². The molecular formula is C24H41CuNaO14S2. The quantitative estimate of drug-likeness (QED) is 0.0752. The summed E-state index contributed by atoms with van der Waals surface area (Å²) in [5.41, 5.74) is 0. The van der Waals surface area contributed by atoms with Gasteiger partial charge in [-0.2, -0.15) is 8.42 Å². The Kier molecular flexibility index (Phi) is 29.3. The number of carboxylic acids is 2. The van der Waals surface area contributed by atoms with Crippen molar-refractivity contribution >= 4 is 44.1 Å². The standard InChI is InChI=1S/C20H38O7S.C4H6O7S.Cu.Na/c1-5-9-11-16(7-3)14-26-19(21)13-18(28(23,24)25)20(22)27-15-17(8-4)12-10-6-2;5-3(6)1-2(4(7)8)12(9,10)11;;/h16-18H,5-15H2,1-4H3,(H,23,24,25);2H,1H2,(H,5,6)(H,7,8)(H,9,10,11);;/q;;+2;+1/p-3. The maximum atomic E-state index is 12.1. The fraction of sp³-hybridized carbons (Fsp3) is 0.833. The summed E-state index contributed by atoms with van der Waals surface area (Å²) in [5.74, 6) is -5.82. The Morgan fingerprint density at radius 2 is 1.19 bits per heavy atom. The zero-order valence-corrected chi connectivity index (χ0v) is 29.2. The van der Waals surface area contributed by atoms with E-state index in [2.05, 4.69) is 13.8 Å². The maximum Gasteiger partial charge on any atom is 2.00 e. The minimum Gasteiger partial charge on any atom is -0.747 e. The first-order valence-corrected chi connectivity index (χ1v) is 16.1. The molecule has 14 nitrogen and oxygen atoms in total. The molecule has 0 saturated carbocycles. The van der Waals surface area contributed by atoms with Crippen molar-refractivity contribution in [3.05, 3.63) is 0 Å². The van der Waals surface area contributed by atoms with Crippen LogP contribution in [-0.2, 0) is 66.0 Å². The summed E-state index contributed by atoms with van der Waals surface area (Å²) in [4.78, 5) is 43.9. The molecular weight excluding hydrogens is 663 g/mol. The first-order valence-electron chi connectivity index (χ1n) is 13.1. The third-order valence-corrected chi connectivity index (χ3v) is 8.10. The molecule has 0 saturated heterocycles.